The van der Waals surface area contributed by atoms with E-state index in [1.54, 1.807) is 4.90 Å². The van der Waals surface area contributed by atoms with Crippen LogP contribution in [-0.4, -0.2) is 41.1 Å². The summed E-state index contributed by atoms with van der Waals surface area (Å²) in [5.41, 5.74) is 2.58. The Bertz CT molecular complexity index is 521. The van der Waals surface area contributed by atoms with Crippen molar-refractivity contribution < 1.29 is 9.90 Å². The predicted octanol–water partition coefficient (Wildman–Crippen LogP) is 1.32. The van der Waals surface area contributed by atoms with Gasteiger partial charge >= 0.3 is 0 Å². The Morgan fingerprint density at radius 1 is 1.45 bits per heavy atom. The van der Waals surface area contributed by atoms with Gasteiger partial charge < -0.3 is 15.3 Å². The van der Waals surface area contributed by atoms with Gasteiger partial charge in [0.1, 0.15) is 0 Å². The van der Waals surface area contributed by atoms with Crippen molar-refractivity contribution in [1.29, 1.82) is 0 Å². The molecule has 1 aromatic carbocycles. The Hall–Kier alpha value is -1.39. The molecule has 3 rings (SSSR count). The molecule has 0 aromatic heterocycles. The van der Waals surface area contributed by atoms with Crippen molar-refractivity contribution >= 4 is 5.91 Å². The van der Waals surface area contributed by atoms with Crippen LogP contribution >= 0.6 is 0 Å². The van der Waals surface area contributed by atoms with Gasteiger partial charge in [-0.1, -0.05) is 25.5 Å². The average molecular weight is 274 g/mol. The highest BCUT2D eigenvalue weighted by Gasteiger charge is 2.43. The number of hydrogen-bond acceptors (Lipinski definition) is 3. The van der Waals surface area contributed by atoms with E-state index in [0.29, 0.717) is 13.1 Å². The van der Waals surface area contributed by atoms with Crippen LogP contribution in [0.25, 0.3) is 0 Å². The molecule has 2 heterocycles. The maximum absolute atomic E-state index is 12.6. The fraction of sp³-hybridized carbons (Fsp3) is 0.562. The van der Waals surface area contributed by atoms with Crippen LogP contribution in [0, 0.1) is 0 Å². The number of rotatable bonds is 3. The maximum atomic E-state index is 12.6. The zero-order chi connectivity index (χ0) is 14.2. The smallest absolute Gasteiger partial charge is 0.254 e. The number of fused-ring (bicyclic) bond motifs is 1. The van der Waals surface area contributed by atoms with Crippen LogP contribution in [0.5, 0.6) is 0 Å². The van der Waals surface area contributed by atoms with E-state index < -0.39 is 5.60 Å². The van der Waals surface area contributed by atoms with Crippen LogP contribution < -0.4 is 5.32 Å². The second-order valence-electron chi connectivity index (χ2n) is 6.01. The van der Waals surface area contributed by atoms with Crippen molar-refractivity contribution in [2.45, 2.75) is 38.3 Å². The number of nitrogens with zero attached hydrogens (tertiary/aromatic N) is 1. The summed E-state index contributed by atoms with van der Waals surface area (Å²) in [5.74, 6) is 0.0736. The van der Waals surface area contributed by atoms with Crippen molar-refractivity contribution in [3.63, 3.8) is 0 Å². The number of β-amino-alcohol motifs (C(OH)–C–C–N with tert-alkyl or cyclic N) is 1. The van der Waals surface area contributed by atoms with Gasteiger partial charge in [-0.2, -0.15) is 0 Å². The van der Waals surface area contributed by atoms with Crippen LogP contribution in [0.15, 0.2) is 18.2 Å². The first-order chi connectivity index (χ1) is 9.63. The zero-order valence-electron chi connectivity index (χ0n) is 12.0. The molecule has 0 unspecified atom stereocenters. The highest BCUT2D eigenvalue weighted by atomic mass is 16.3. The number of hydrogen-bond donors (Lipinski definition) is 2. The largest absolute Gasteiger partial charge is 0.386 e. The summed E-state index contributed by atoms with van der Waals surface area (Å²) in [5, 5.41) is 13.5. The first-order valence-electron chi connectivity index (χ1n) is 7.46. The molecule has 1 aromatic rings. The van der Waals surface area contributed by atoms with Gasteiger partial charge in [0.25, 0.3) is 5.91 Å². The van der Waals surface area contributed by atoms with Crippen molar-refractivity contribution in [3.8, 4) is 0 Å². The normalized spacial score (nSPS) is 20.2. The number of carbonyl (C=O) groups is 1. The molecule has 2 aliphatic rings. The summed E-state index contributed by atoms with van der Waals surface area (Å²) < 4.78 is 0. The number of nitrogens with one attached hydrogen (secondary N) is 1. The van der Waals surface area contributed by atoms with Crippen LogP contribution in [0.4, 0.5) is 0 Å². The van der Waals surface area contributed by atoms with E-state index in [1.807, 2.05) is 12.1 Å². The molecule has 20 heavy (non-hydrogen) atoms. The first-order valence-corrected chi connectivity index (χ1v) is 7.46. The lowest BCUT2D eigenvalue weighted by Gasteiger charge is -2.46. The Kier molecular flexibility index (Phi) is 3.52. The Balaban J connectivity index is 1.76. The fourth-order valence-corrected chi connectivity index (χ4v) is 3.33. The third kappa shape index (κ3) is 2.34. The second-order valence-corrected chi connectivity index (χ2v) is 6.01. The summed E-state index contributed by atoms with van der Waals surface area (Å²) in [7, 11) is 0. The van der Waals surface area contributed by atoms with Crippen molar-refractivity contribution in [2.75, 3.05) is 19.6 Å². The maximum Gasteiger partial charge on any atom is 0.254 e. The summed E-state index contributed by atoms with van der Waals surface area (Å²) >= 11 is 0. The van der Waals surface area contributed by atoms with Crippen LogP contribution in [-0.2, 0) is 13.0 Å². The topological polar surface area (TPSA) is 52.6 Å². The quantitative estimate of drug-likeness (QED) is 0.874. The van der Waals surface area contributed by atoms with E-state index in [4.69, 9.17) is 0 Å². The molecule has 2 aliphatic heterocycles. The molecule has 4 nitrogen and oxygen atoms in total. The predicted molar refractivity (Wildman–Crippen MR) is 77.6 cm³/mol. The second kappa shape index (κ2) is 5.19. The Morgan fingerprint density at radius 2 is 2.25 bits per heavy atom. The number of likely N-dealkylation sites (tertiary alicyclic amines) is 1. The zero-order valence-corrected chi connectivity index (χ0v) is 12.0. The van der Waals surface area contributed by atoms with E-state index in [1.165, 1.54) is 11.1 Å². The minimum absolute atomic E-state index is 0.0736. The molecular weight excluding hydrogens is 252 g/mol. The monoisotopic (exact) mass is 274 g/mol. The van der Waals surface area contributed by atoms with Crippen LogP contribution in [0.1, 0.15) is 41.3 Å². The van der Waals surface area contributed by atoms with Gasteiger partial charge in [0.2, 0.25) is 0 Å². The summed E-state index contributed by atoms with van der Waals surface area (Å²) in [6.45, 7) is 4.78. The molecular formula is C16H22N2O2. The number of benzene rings is 1. The molecule has 0 aliphatic carbocycles. The molecule has 2 N–H and O–H groups in total. The molecule has 108 valence electrons. The lowest BCUT2D eigenvalue weighted by molar-refractivity contribution is -0.0860. The third-order valence-corrected chi connectivity index (χ3v) is 4.34. The molecule has 4 heteroatoms. The summed E-state index contributed by atoms with van der Waals surface area (Å²) in [6, 6.07) is 5.96. The van der Waals surface area contributed by atoms with E-state index in [-0.39, 0.29) is 5.91 Å². The molecule has 0 saturated carbocycles. The Labute approximate surface area is 119 Å². The number of amides is 1. The van der Waals surface area contributed by atoms with Gasteiger partial charge in [0, 0.05) is 12.1 Å². The van der Waals surface area contributed by atoms with E-state index in [9.17, 15) is 9.90 Å². The van der Waals surface area contributed by atoms with E-state index >= 15 is 0 Å². The molecule has 0 radical (unpaired) electrons. The molecule has 1 fully saturated rings. The van der Waals surface area contributed by atoms with Gasteiger partial charge in [-0.3, -0.25) is 4.79 Å². The average Bonchev–Trinajstić information content (AvgIpc) is 2.43. The van der Waals surface area contributed by atoms with E-state index in [0.717, 1.165) is 37.9 Å². The molecule has 1 amide bonds. The molecule has 0 spiro atoms. The van der Waals surface area contributed by atoms with Crippen LogP contribution in [0.3, 0.4) is 0 Å². The van der Waals surface area contributed by atoms with Gasteiger partial charge in [0.15, 0.2) is 0 Å². The highest BCUT2D eigenvalue weighted by molar-refractivity contribution is 5.96. The van der Waals surface area contributed by atoms with Crippen molar-refractivity contribution in [3.05, 3.63) is 34.9 Å². The summed E-state index contributed by atoms with van der Waals surface area (Å²) in [6.07, 6.45) is 2.63. The van der Waals surface area contributed by atoms with Gasteiger partial charge in [-0.05, 0) is 36.6 Å². The third-order valence-electron chi connectivity index (χ3n) is 4.34. The standard InChI is InChI=1S/C16H22N2O2/c1-2-7-16(20)10-18(11-16)15(19)14-5-3-4-12-9-17-8-6-13(12)14/h3-5,17,20H,2,6-11H2,1H3. The van der Waals surface area contributed by atoms with Gasteiger partial charge in [-0.25, -0.2) is 0 Å². The van der Waals surface area contributed by atoms with Crippen molar-refractivity contribution in [1.82, 2.24) is 10.2 Å². The van der Waals surface area contributed by atoms with E-state index in [2.05, 4.69) is 18.3 Å². The van der Waals surface area contributed by atoms with Crippen molar-refractivity contribution in [2.24, 2.45) is 0 Å². The lowest BCUT2D eigenvalue weighted by atomic mass is 9.87. The van der Waals surface area contributed by atoms with Crippen LogP contribution in [0.2, 0.25) is 0 Å². The van der Waals surface area contributed by atoms with Gasteiger partial charge in [-0.15, -0.1) is 0 Å². The number of aliphatic hydroxyl groups is 1. The first kappa shape index (κ1) is 13.6. The molecule has 1 saturated heterocycles. The Morgan fingerprint density at radius 3 is 3.00 bits per heavy atom. The molecule has 0 atom stereocenters. The SMILES string of the molecule is CCCC1(O)CN(C(=O)c2cccc3c2CCNC3)C1. The van der Waals surface area contributed by atoms with Gasteiger partial charge in [0.05, 0.1) is 18.7 Å². The lowest BCUT2D eigenvalue weighted by Crippen LogP contribution is -2.63. The molecule has 0 bridgehead atoms. The fourth-order valence-electron chi connectivity index (χ4n) is 3.33. The summed E-state index contributed by atoms with van der Waals surface area (Å²) in [4.78, 5) is 14.4. The minimum Gasteiger partial charge on any atom is -0.386 e. The minimum atomic E-state index is -0.652. The highest BCUT2D eigenvalue weighted by Crippen LogP contribution is 2.29. The number of carbonyl (C=O) groups excluding carboxylic acids is 1.